The Balaban J connectivity index is 1.79. The van der Waals surface area contributed by atoms with E-state index >= 15 is 0 Å². The largest absolute Gasteiger partial charge is 0.508 e. The Labute approximate surface area is 138 Å². The summed E-state index contributed by atoms with van der Waals surface area (Å²) in [4.78, 5) is 12.3. The molecule has 0 saturated heterocycles. The molecule has 116 valence electrons. The van der Waals surface area contributed by atoms with E-state index in [1.807, 2.05) is 54.6 Å². The van der Waals surface area contributed by atoms with Crippen molar-refractivity contribution in [1.29, 1.82) is 0 Å². The first-order chi connectivity index (χ1) is 11.7. The molecule has 0 fully saturated rings. The van der Waals surface area contributed by atoms with Gasteiger partial charge in [0.15, 0.2) is 0 Å². The van der Waals surface area contributed by atoms with Crippen molar-refractivity contribution >= 4 is 11.0 Å². The third-order valence-electron chi connectivity index (χ3n) is 4.02. The highest BCUT2D eigenvalue weighted by Crippen LogP contribution is 2.26. The lowest BCUT2D eigenvalue weighted by molar-refractivity contribution is 0.473. The van der Waals surface area contributed by atoms with Gasteiger partial charge in [-0.1, -0.05) is 54.6 Å². The minimum atomic E-state index is -0.416. The summed E-state index contributed by atoms with van der Waals surface area (Å²) in [7, 11) is 0. The second-order valence-electron chi connectivity index (χ2n) is 5.61. The SMILES string of the molecule is O=c1oc2cc(O)ccc2cc1-c1ccc(-c2ccccc2)cc1. The van der Waals surface area contributed by atoms with Crippen LogP contribution in [0.1, 0.15) is 0 Å². The number of rotatable bonds is 2. The maximum absolute atomic E-state index is 12.3. The average Bonchev–Trinajstić information content (AvgIpc) is 2.62. The Hall–Kier alpha value is -3.33. The highest BCUT2D eigenvalue weighted by molar-refractivity contribution is 5.83. The molecule has 0 atom stereocenters. The summed E-state index contributed by atoms with van der Waals surface area (Å²) in [5.41, 5.74) is 3.50. The molecular weight excluding hydrogens is 300 g/mol. The third-order valence-corrected chi connectivity index (χ3v) is 4.02. The van der Waals surface area contributed by atoms with E-state index in [9.17, 15) is 9.90 Å². The van der Waals surface area contributed by atoms with Gasteiger partial charge in [-0.3, -0.25) is 0 Å². The molecule has 0 bridgehead atoms. The highest BCUT2D eigenvalue weighted by Gasteiger charge is 2.08. The Bertz CT molecular complexity index is 1060. The molecule has 1 heterocycles. The summed E-state index contributed by atoms with van der Waals surface area (Å²) >= 11 is 0. The summed E-state index contributed by atoms with van der Waals surface area (Å²) in [5, 5.41) is 10.3. The summed E-state index contributed by atoms with van der Waals surface area (Å²) < 4.78 is 5.33. The van der Waals surface area contributed by atoms with Gasteiger partial charge in [0.25, 0.3) is 0 Å². The smallest absolute Gasteiger partial charge is 0.344 e. The molecule has 1 N–H and O–H groups in total. The molecule has 24 heavy (non-hydrogen) atoms. The maximum Gasteiger partial charge on any atom is 0.344 e. The minimum absolute atomic E-state index is 0.0746. The van der Waals surface area contributed by atoms with E-state index in [1.54, 1.807) is 18.2 Å². The van der Waals surface area contributed by atoms with E-state index in [0.29, 0.717) is 11.1 Å². The highest BCUT2D eigenvalue weighted by atomic mass is 16.4. The fraction of sp³-hybridized carbons (Fsp3) is 0. The Morgan fingerprint density at radius 3 is 2.12 bits per heavy atom. The number of hydrogen-bond donors (Lipinski definition) is 1. The van der Waals surface area contributed by atoms with Crippen LogP contribution in [0.3, 0.4) is 0 Å². The number of phenols is 1. The quantitative estimate of drug-likeness (QED) is 0.539. The van der Waals surface area contributed by atoms with Crippen LogP contribution in [0.4, 0.5) is 0 Å². The van der Waals surface area contributed by atoms with Crippen LogP contribution < -0.4 is 5.63 Å². The molecule has 3 heteroatoms. The molecule has 0 saturated carbocycles. The zero-order chi connectivity index (χ0) is 16.5. The van der Waals surface area contributed by atoms with Gasteiger partial charge in [0.2, 0.25) is 0 Å². The van der Waals surface area contributed by atoms with Crippen LogP contribution in [0.15, 0.2) is 88.1 Å². The van der Waals surface area contributed by atoms with E-state index in [2.05, 4.69) is 0 Å². The van der Waals surface area contributed by atoms with Crippen molar-refractivity contribution < 1.29 is 9.52 Å². The first kappa shape index (κ1) is 14.3. The number of fused-ring (bicyclic) bond motifs is 1. The third kappa shape index (κ3) is 2.57. The molecule has 0 aliphatic heterocycles. The topological polar surface area (TPSA) is 50.4 Å². The molecule has 0 unspecified atom stereocenters. The van der Waals surface area contributed by atoms with E-state index in [-0.39, 0.29) is 5.75 Å². The normalized spacial score (nSPS) is 10.8. The molecule has 1 aromatic heterocycles. The minimum Gasteiger partial charge on any atom is -0.508 e. The Morgan fingerprint density at radius 1 is 0.708 bits per heavy atom. The lowest BCUT2D eigenvalue weighted by Gasteiger charge is -2.05. The first-order valence-electron chi connectivity index (χ1n) is 7.63. The van der Waals surface area contributed by atoms with Crippen molar-refractivity contribution in [2.24, 2.45) is 0 Å². The van der Waals surface area contributed by atoms with Crippen molar-refractivity contribution in [3.63, 3.8) is 0 Å². The van der Waals surface area contributed by atoms with Gasteiger partial charge in [-0.05, 0) is 34.9 Å². The number of phenolic OH excluding ortho intramolecular Hbond substituents is 1. The fourth-order valence-electron chi connectivity index (χ4n) is 2.77. The first-order valence-corrected chi connectivity index (χ1v) is 7.63. The van der Waals surface area contributed by atoms with Gasteiger partial charge in [-0.2, -0.15) is 0 Å². The van der Waals surface area contributed by atoms with Gasteiger partial charge in [-0.25, -0.2) is 4.79 Å². The van der Waals surface area contributed by atoms with Crippen molar-refractivity contribution in [2.45, 2.75) is 0 Å². The molecule has 4 aromatic rings. The summed E-state index contributed by atoms with van der Waals surface area (Å²) in [5.74, 6) is 0.0746. The van der Waals surface area contributed by atoms with E-state index in [4.69, 9.17) is 4.42 Å². The maximum atomic E-state index is 12.3. The van der Waals surface area contributed by atoms with Crippen LogP contribution in [-0.4, -0.2) is 5.11 Å². The molecule has 0 spiro atoms. The van der Waals surface area contributed by atoms with Gasteiger partial charge in [0, 0.05) is 11.5 Å². The summed E-state index contributed by atoms with van der Waals surface area (Å²) in [6.45, 7) is 0. The van der Waals surface area contributed by atoms with Crippen LogP contribution in [-0.2, 0) is 0 Å². The van der Waals surface area contributed by atoms with Crippen molar-refractivity contribution in [1.82, 2.24) is 0 Å². The van der Waals surface area contributed by atoms with Crippen molar-refractivity contribution in [3.05, 3.63) is 89.3 Å². The van der Waals surface area contributed by atoms with Gasteiger partial charge in [-0.15, -0.1) is 0 Å². The van der Waals surface area contributed by atoms with Gasteiger partial charge in [0.05, 0.1) is 5.56 Å². The van der Waals surface area contributed by atoms with Crippen LogP contribution >= 0.6 is 0 Å². The van der Waals surface area contributed by atoms with Crippen LogP contribution in [0.5, 0.6) is 5.75 Å². The number of benzene rings is 3. The Kier molecular flexibility index (Phi) is 3.39. The molecular formula is C21H14O3. The van der Waals surface area contributed by atoms with Crippen LogP contribution in [0.2, 0.25) is 0 Å². The molecule has 0 amide bonds. The zero-order valence-corrected chi connectivity index (χ0v) is 12.8. The molecule has 0 radical (unpaired) electrons. The standard InChI is InChI=1S/C21H14O3/c22-18-11-10-17-12-19(21(23)24-20(17)13-18)16-8-6-15(7-9-16)14-4-2-1-3-5-14/h1-13,22H. The van der Waals surface area contributed by atoms with Crippen molar-refractivity contribution in [3.8, 4) is 28.0 Å². The number of hydrogen-bond acceptors (Lipinski definition) is 3. The van der Waals surface area contributed by atoms with Gasteiger partial charge >= 0.3 is 5.63 Å². The summed E-state index contributed by atoms with van der Waals surface area (Å²) in [6.07, 6.45) is 0. The molecule has 3 nitrogen and oxygen atoms in total. The molecule has 0 aliphatic rings. The predicted octanol–water partition coefficient (Wildman–Crippen LogP) is 4.83. The van der Waals surface area contributed by atoms with Crippen LogP contribution in [0, 0.1) is 0 Å². The fourth-order valence-corrected chi connectivity index (χ4v) is 2.77. The molecule has 3 aromatic carbocycles. The second kappa shape index (κ2) is 5.70. The molecule has 4 rings (SSSR count). The monoisotopic (exact) mass is 314 g/mol. The van der Waals surface area contributed by atoms with E-state index < -0.39 is 5.63 Å². The molecule has 0 aliphatic carbocycles. The predicted molar refractivity (Wildman–Crippen MR) is 95.0 cm³/mol. The zero-order valence-electron chi connectivity index (χ0n) is 12.8. The van der Waals surface area contributed by atoms with E-state index in [1.165, 1.54) is 6.07 Å². The van der Waals surface area contributed by atoms with Gasteiger partial charge in [0.1, 0.15) is 11.3 Å². The Morgan fingerprint density at radius 2 is 1.38 bits per heavy atom. The van der Waals surface area contributed by atoms with E-state index in [0.717, 1.165) is 22.1 Å². The lowest BCUT2D eigenvalue weighted by atomic mass is 10.0. The van der Waals surface area contributed by atoms with Crippen LogP contribution in [0.25, 0.3) is 33.2 Å². The summed E-state index contributed by atoms with van der Waals surface area (Å²) in [6, 6.07) is 24.4. The van der Waals surface area contributed by atoms with Crippen molar-refractivity contribution in [2.75, 3.05) is 0 Å². The average molecular weight is 314 g/mol. The lowest BCUT2D eigenvalue weighted by Crippen LogP contribution is -2.02. The second-order valence-corrected chi connectivity index (χ2v) is 5.61. The number of aromatic hydroxyl groups is 1. The van der Waals surface area contributed by atoms with Gasteiger partial charge < -0.3 is 9.52 Å².